The molecule has 0 bridgehead atoms. The van der Waals surface area contributed by atoms with E-state index in [0.717, 1.165) is 25.3 Å². The van der Waals surface area contributed by atoms with Crippen molar-refractivity contribution < 1.29 is 0 Å². The maximum Gasteiger partial charge on any atom is 0.145 e. The Morgan fingerprint density at radius 3 is 3.23 bits per heavy atom. The molecule has 0 aromatic carbocycles. The molecule has 2 heterocycles. The number of halogens is 1. The Kier molecular flexibility index (Phi) is 2.66. The summed E-state index contributed by atoms with van der Waals surface area (Å²) in [6.07, 6.45) is 2.88. The van der Waals surface area contributed by atoms with Crippen LogP contribution in [0, 0.1) is 0 Å². The second-order valence-electron chi connectivity index (χ2n) is 3.17. The van der Waals surface area contributed by atoms with Gasteiger partial charge in [0.15, 0.2) is 0 Å². The minimum atomic E-state index is 0.465. The van der Waals surface area contributed by atoms with Crippen molar-refractivity contribution in [2.24, 2.45) is 0 Å². The van der Waals surface area contributed by atoms with Gasteiger partial charge in [0.1, 0.15) is 5.82 Å². The SMILES string of the molecule is Clc1cccnc1NC1CCNC1. The fourth-order valence-corrected chi connectivity index (χ4v) is 1.64. The van der Waals surface area contributed by atoms with Crippen LogP contribution in [0.25, 0.3) is 0 Å². The zero-order valence-corrected chi connectivity index (χ0v) is 8.01. The molecule has 1 aliphatic heterocycles. The molecule has 1 unspecified atom stereocenters. The first kappa shape index (κ1) is 8.78. The Balaban J connectivity index is 2.04. The molecule has 1 saturated heterocycles. The highest BCUT2D eigenvalue weighted by molar-refractivity contribution is 6.32. The van der Waals surface area contributed by atoms with E-state index in [9.17, 15) is 0 Å². The van der Waals surface area contributed by atoms with Crippen LogP contribution >= 0.6 is 11.6 Å². The van der Waals surface area contributed by atoms with Crippen LogP contribution < -0.4 is 10.6 Å². The fraction of sp³-hybridized carbons (Fsp3) is 0.444. The molecule has 1 fully saturated rings. The number of rotatable bonds is 2. The minimum absolute atomic E-state index is 0.465. The van der Waals surface area contributed by atoms with Gasteiger partial charge in [-0.05, 0) is 25.1 Å². The number of hydrogen-bond acceptors (Lipinski definition) is 3. The van der Waals surface area contributed by atoms with Gasteiger partial charge in [-0.1, -0.05) is 11.6 Å². The molecule has 1 aromatic heterocycles. The number of anilines is 1. The molecule has 0 spiro atoms. The molecule has 70 valence electrons. The van der Waals surface area contributed by atoms with Gasteiger partial charge < -0.3 is 10.6 Å². The van der Waals surface area contributed by atoms with Crippen LogP contribution in [0.2, 0.25) is 5.02 Å². The molecule has 4 heteroatoms. The van der Waals surface area contributed by atoms with Crippen LogP contribution in [0.4, 0.5) is 5.82 Å². The topological polar surface area (TPSA) is 37.0 Å². The zero-order chi connectivity index (χ0) is 9.10. The monoisotopic (exact) mass is 197 g/mol. The van der Waals surface area contributed by atoms with E-state index in [1.54, 1.807) is 6.20 Å². The number of nitrogens with zero attached hydrogens (tertiary/aromatic N) is 1. The van der Waals surface area contributed by atoms with Gasteiger partial charge in [-0.3, -0.25) is 0 Å². The molecule has 3 nitrogen and oxygen atoms in total. The molecule has 0 aliphatic carbocycles. The predicted octanol–water partition coefficient (Wildman–Crippen LogP) is 1.51. The second-order valence-corrected chi connectivity index (χ2v) is 3.58. The van der Waals surface area contributed by atoms with Crippen LogP contribution in [0.3, 0.4) is 0 Å². The maximum absolute atomic E-state index is 5.96. The molecule has 0 amide bonds. The summed E-state index contributed by atoms with van der Waals surface area (Å²) < 4.78 is 0. The Bertz CT molecular complexity index is 284. The third-order valence-electron chi connectivity index (χ3n) is 2.16. The molecule has 2 N–H and O–H groups in total. The van der Waals surface area contributed by atoms with Crippen molar-refractivity contribution >= 4 is 17.4 Å². The highest BCUT2D eigenvalue weighted by atomic mass is 35.5. The summed E-state index contributed by atoms with van der Waals surface area (Å²) in [5.74, 6) is 0.790. The quantitative estimate of drug-likeness (QED) is 0.755. The van der Waals surface area contributed by atoms with Crippen LogP contribution in [-0.2, 0) is 0 Å². The molecular formula is C9H12ClN3. The van der Waals surface area contributed by atoms with Crippen LogP contribution in [-0.4, -0.2) is 24.1 Å². The van der Waals surface area contributed by atoms with E-state index in [4.69, 9.17) is 11.6 Å². The van der Waals surface area contributed by atoms with E-state index >= 15 is 0 Å². The van der Waals surface area contributed by atoms with Crippen molar-refractivity contribution in [3.05, 3.63) is 23.4 Å². The normalized spacial score (nSPS) is 21.8. The van der Waals surface area contributed by atoms with Gasteiger partial charge in [0.05, 0.1) is 5.02 Å². The summed E-state index contributed by atoms with van der Waals surface area (Å²) >= 11 is 5.96. The molecule has 13 heavy (non-hydrogen) atoms. The van der Waals surface area contributed by atoms with Crippen molar-refractivity contribution in [3.63, 3.8) is 0 Å². The standard InChI is InChI=1S/C9H12ClN3/c10-8-2-1-4-12-9(8)13-7-3-5-11-6-7/h1-2,4,7,11H,3,5-6H2,(H,12,13). The Hall–Kier alpha value is -0.800. The molecule has 0 radical (unpaired) electrons. The third-order valence-corrected chi connectivity index (χ3v) is 2.46. The van der Waals surface area contributed by atoms with Crippen LogP contribution in [0.1, 0.15) is 6.42 Å². The average Bonchev–Trinajstić information content (AvgIpc) is 2.61. The first-order valence-corrected chi connectivity index (χ1v) is 4.82. The highest BCUT2D eigenvalue weighted by Crippen LogP contribution is 2.19. The lowest BCUT2D eigenvalue weighted by molar-refractivity contribution is 0.788. The van der Waals surface area contributed by atoms with E-state index < -0.39 is 0 Å². The lowest BCUT2D eigenvalue weighted by Gasteiger charge is -2.12. The maximum atomic E-state index is 5.96. The van der Waals surface area contributed by atoms with Crippen molar-refractivity contribution in [2.45, 2.75) is 12.5 Å². The summed E-state index contributed by atoms with van der Waals surface area (Å²) in [5.41, 5.74) is 0. The van der Waals surface area contributed by atoms with Gasteiger partial charge in [-0.15, -0.1) is 0 Å². The van der Waals surface area contributed by atoms with Gasteiger partial charge in [-0.25, -0.2) is 4.98 Å². The predicted molar refractivity (Wildman–Crippen MR) is 54.1 cm³/mol. The smallest absolute Gasteiger partial charge is 0.145 e. The van der Waals surface area contributed by atoms with Crippen molar-refractivity contribution in [1.82, 2.24) is 10.3 Å². The molecule has 2 rings (SSSR count). The molecule has 1 aromatic rings. The molecule has 1 aliphatic rings. The van der Waals surface area contributed by atoms with Gasteiger partial charge in [0.2, 0.25) is 0 Å². The van der Waals surface area contributed by atoms with E-state index in [1.165, 1.54) is 0 Å². The van der Waals surface area contributed by atoms with Crippen LogP contribution in [0.15, 0.2) is 18.3 Å². The third kappa shape index (κ3) is 2.11. The lowest BCUT2D eigenvalue weighted by atomic mass is 10.2. The lowest BCUT2D eigenvalue weighted by Crippen LogP contribution is -2.22. The van der Waals surface area contributed by atoms with Gasteiger partial charge in [0.25, 0.3) is 0 Å². The first-order chi connectivity index (χ1) is 6.36. The summed E-state index contributed by atoms with van der Waals surface area (Å²) in [4.78, 5) is 4.17. The van der Waals surface area contributed by atoms with E-state index in [1.807, 2.05) is 12.1 Å². The zero-order valence-electron chi connectivity index (χ0n) is 7.26. The number of aromatic nitrogens is 1. The highest BCUT2D eigenvalue weighted by Gasteiger charge is 2.15. The molecular weight excluding hydrogens is 186 g/mol. The summed E-state index contributed by atoms with van der Waals surface area (Å²) in [5, 5.41) is 7.27. The largest absolute Gasteiger partial charge is 0.365 e. The van der Waals surface area contributed by atoms with E-state index in [-0.39, 0.29) is 0 Å². The summed E-state index contributed by atoms with van der Waals surface area (Å²) in [7, 11) is 0. The van der Waals surface area contributed by atoms with Crippen molar-refractivity contribution in [3.8, 4) is 0 Å². The van der Waals surface area contributed by atoms with Gasteiger partial charge >= 0.3 is 0 Å². The Morgan fingerprint density at radius 2 is 2.54 bits per heavy atom. The van der Waals surface area contributed by atoms with E-state index in [2.05, 4.69) is 15.6 Å². The minimum Gasteiger partial charge on any atom is -0.365 e. The first-order valence-electron chi connectivity index (χ1n) is 4.44. The second kappa shape index (κ2) is 3.94. The summed E-state index contributed by atoms with van der Waals surface area (Å²) in [6.45, 7) is 2.06. The number of pyridine rings is 1. The Morgan fingerprint density at radius 1 is 1.62 bits per heavy atom. The average molecular weight is 198 g/mol. The van der Waals surface area contributed by atoms with Crippen molar-refractivity contribution in [1.29, 1.82) is 0 Å². The summed E-state index contributed by atoms with van der Waals surface area (Å²) in [6, 6.07) is 4.15. The fourth-order valence-electron chi connectivity index (χ4n) is 1.46. The van der Waals surface area contributed by atoms with Crippen molar-refractivity contribution in [2.75, 3.05) is 18.4 Å². The number of hydrogen-bond donors (Lipinski definition) is 2. The van der Waals surface area contributed by atoms with Gasteiger partial charge in [0, 0.05) is 18.8 Å². The van der Waals surface area contributed by atoms with Gasteiger partial charge in [-0.2, -0.15) is 0 Å². The van der Waals surface area contributed by atoms with Crippen LogP contribution in [0.5, 0.6) is 0 Å². The Labute approximate surface area is 82.5 Å². The molecule has 1 atom stereocenters. The van der Waals surface area contributed by atoms with E-state index in [0.29, 0.717) is 11.1 Å². The molecule has 0 saturated carbocycles. The number of nitrogens with one attached hydrogen (secondary N) is 2.